The Bertz CT molecular complexity index is 737. The van der Waals surface area contributed by atoms with Crippen molar-refractivity contribution in [2.24, 2.45) is 5.92 Å². The van der Waals surface area contributed by atoms with Gasteiger partial charge in [0.25, 0.3) is 11.8 Å². The van der Waals surface area contributed by atoms with Crippen LogP contribution in [0.25, 0.3) is 0 Å². The normalized spacial score (nSPS) is 20.9. The molecule has 1 aliphatic carbocycles. The van der Waals surface area contributed by atoms with Gasteiger partial charge >= 0.3 is 5.97 Å². The van der Waals surface area contributed by atoms with Gasteiger partial charge in [0.2, 0.25) is 0 Å². The van der Waals surface area contributed by atoms with E-state index in [0.29, 0.717) is 11.1 Å². The van der Waals surface area contributed by atoms with Crippen LogP contribution in [0.5, 0.6) is 0 Å². The van der Waals surface area contributed by atoms with Crippen LogP contribution < -0.4 is 5.32 Å². The van der Waals surface area contributed by atoms with E-state index < -0.39 is 5.97 Å². The summed E-state index contributed by atoms with van der Waals surface area (Å²) >= 11 is 0. The highest BCUT2D eigenvalue weighted by atomic mass is 16.4. The van der Waals surface area contributed by atoms with Gasteiger partial charge in [0, 0.05) is 0 Å². The van der Waals surface area contributed by atoms with E-state index in [0.717, 1.165) is 12.0 Å². The first kappa shape index (κ1) is 15.0. The second kappa shape index (κ2) is 6.04. The van der Waals surface area contributed by atoms with Crippen molar-refractivity contribution in [2.75, 3.05) is 0 Å². The summed E-state index contributed by atoms with van der Waals surface area (Å²) < 4.78 is 0. The molecule has 2 atom stereocenters. The zero-order valence-corrected chi connectivity index (χ0v) is 12.2. The fraction of sp³-hybridized carbons (Fsp3) is 0.167. The molecule has 2 aromatic rings. The summed E-state index contributed by atoms with van der Waals surface area (Å²) in [7, 11) is 0. The number of aliphatic carboxylic acids is 1. The highest BCUT2D eigenvalue weighted by Gasteiger charge is 2.43. The molecule has 2 aliphatic rings. The van der Waals surface area contributed by atoms with Gasteiger partial charge in [-0.05, 0) is 30.0 Å². The fourth-order valence-electron chi connectivity index (χ4n) is 2.65. The summed E-state index contributed by atoms with van der Waals surface area (Å²) in [6.07, 6.45) is 0.805. The molecule has 1 fully saturated rings. The average Bonchev–Trinajstić information content (AvgIpc) is 3.32. The number of hydrogen-bond donors (Lipinski definition) is 2. The molecule has 1 saturated carbocycles. The molecule has 116 valence electrons. The number of hydrogen-bond acceptors (Lipinski definition) is 3. The molecule has 5 nitrogen and oxygen atoms in total. The first-order chi connectivity index (χ1) is 11.1. The van der Waals surface area contributed by atoms with E-state index >= 15 is 0 Å². The van der Waals surface area contributed by atoms with Gasteiger partial charge in [-0.1, -0.05) is 42.5 Å². The van der Waals surface area contributed by atoms with E-state index in [1.807, 2.05) is 30.3 Å². The molecule has 4 rings (SSSR count). The van der Waals surface area contributed by atoms with E-state index in [4.69, 9.17) is 5.11 Å². The van der Waals surface area contributed by atoms with E-state index in [9.17, 15) is 14.4 Å². The monoisotopic (exact) mass is 309 g/mol. The summed E-state index contributed by atoms with van der Waals surface area (Å²) in [5, 5.41) is 10.9. The van der Waals surface area contributed by atoms with Gasteiger partial charge in [-0.3, -0.25) is 19.7 Å². The molecule has 0 radical (unpaired) electrons. The van der Waals surface area contributed by atoms with Crippen molar-refractivity contribution in [1.29, 1.82) is 0 Å². The molecule has 0 bridgehead atoms. The predicted molar refractivity (Wildman–Crippen MR) is 83.2 cm³/mol. The van der Waals surface area contributed by atoms with E-state index in [1.54, 1.807) is 24.3 Å². The SMILES string of the molecule is O=C(O)C1CC1c1ccccc1.O=C1NC(=O)c2ccccc21. The molecule has 2 aromatic carbocycles. The van der Waals surface area contributed by atoms with Crippen LogP contribution in [0, 0.1) is 5.92 Å². The van der Waals surface area contributed by atoms with Crippen LogP contribution >= 0.6 is 0 Å². The molecule has 1 heterocycles. The molecular weight excluding hydrogens is 294 g/mol. The zero-order chi connectivity index (χ0) is 16.4. The van der Waals surface area contributed by atoms with Crippen LogP contribution in [-0.4, -0.2) is 22.9 Å². The third-order valence-electron chi connectivity index (χ3n) is 3.98. The average molecular weight is 309 g/mol. The van der Waals surface area contributed by atoms with Crippen molar-refractivity contribution in [2.45, 2.75) is 12.3 Å². The minimum atomic E-state index is -0.663. The molecule has 0 spiro atoms. The topological polar surface area (TPSA) is 83.5 Å². The maximum Gasteiger partial charge on any atom is 0.307 e. The fourth-order valence-corrected chi connectivity index (χ4v) is 2.65. The van der Waals surface area contributed by atoms with Crippen molar-refractivity contribution in [3.8, 4) is 0 Å². The third kappa shape index (κ3) is 3.13. The molecule has 5 heteroatoms. The van der Waals surface area contributed by atoms with Crippen LogP contribution in [0.4, 0.5) is 0 Å². The number of carbonyl (C=O) groups is 3. The Labute approximate surface area is 133 Å². The molecule has 23 heavy (non-hydrogen) atoms. The Morgan fingerprint density at radius 2 is 1.43 bits per heavy atom. The first-order valence-corrected chi connectivity index (χ1v) is 7.30. The Morgan fingerprint density at radius 1 is 0.913 bits per heavy atom. The summed E-state index contributed by atoms with van der Waals surface area (Å²) in [4.78, 5) is 32.4. The number of fused-ring (bicyclic) bond motifs is 1. The maximum absolute atomic E-state index is 10.9. The van der Waals surface area contributed by atoms with Crippen LogP contribution in [0.3, 0.4) is 0 Å². The molecule has 1 aliphatic heterocycles. The molecule has 2 amide bonds. The number of amides is 2. The second-order valence-electron chi connectivity index (χ2n) is 5.53. The van der Waals surface area contributed by atoms with Crippen molar-refractivity contribution < 1.29 is 19.5 Å². The lowest BCUT2D eigenvalue weighted by Crippen LogP contribution is -2.19. The molecular formula is C18H15NO4. The van der Waals surface area contributed by atoms with Gasteiger partial charge in [-0.2, -0.15) is 0 Å². The molecule has 2 unspecified atom stereocenters. The molecule has 0 aromatic heterocycles. The Morgan fingerprint density at radius 3 is 1.91 bits per heavy atom. The van der Waals surface area contributed by atoms with Crippen LogP contribution in [-0.2, 0) is 4.79 Å². The standard InChI is InChI=1S/C10H10O2.C8H5NO2/c11-10(12)9-6-8(9)7-4-2-1-3-5-7;10-7-5-3-1-2-4-6(5)8(11)9-7/h1-5,8-9H,6H2,(H,11,12);1-4H,(H,9,10,11). The van der Waals surface area contributed by atoms with Gasteiger partial charge in [-0.25, -0.2) is 0 Å². The Hall–Kier alpha value is -2.95. The lowest BCUT2D eigenvalue weighted by Gasteiger charge is -1.95. The summed E-state index contributed by atoms with van der Waals surface area (Å²) in [5.41, 5.74) is 2.10. The minimum Gasteiger partial charge on any atom is -0.481 e. The van der Waals surface area contributed by atoms with E-state index in [2.05, 4.69) is 5.32 Å². The summed E-state index contributed by atoms with van der Waals surface area (Å²) in [6.45, 7) is 0. The number of imide groups is 1. The lowest BCUT2D eigenvalue weighted by molar-refractivity contribution is -0.138. The smallest absolute Gasteiger partial charge is 0.307 e. The van der Waals surface area contributed by atoms with Gasteiger partial charge in [0.1, 0.15) is 0 Å². The Kier molecular flexibility index (Phi) is 3.93. The summed E-state index contributed by atoms with van der Waals surface area (Å²) in [6, 6.07) is 16.6. The van der Waals surface area contributed by atoms with Crippen molar-refractivity contribution in [3.63, 3.8) is 0 Å². The molecule has 2 N–H and O–H groups in total. The maximum atomic E-state index is 10.9. The number of benzene rings is 2. The van der Waals surface area contributed by atoms with Crippen molar-refractivity contribution >= 4 is 17.8 Å². The number of carboxylic acid groups (broad SMARTS) is 1. The quantitative estimate of drug-likeness (QED) is 0.835. The van der Waals surface area contributed by atoms with Crippen molar-refractivity contribution in [3.05, 3.63) is 71.3 Å². The first-order valence-electron chi connectivity index (χ1n) is 7.30. The number of nitrogens with one attached hydrogen (secondary N) is 1. The highest BCUT2D eigenvalue weighted by Crippen LogP contribution is 2.47. The van der Waals surface area contributed by atoms with Gasteiger partial charge in [-0.15, -0.1) is 0 Å². The predicted octanol–water partition coefficient (Wildman–Crippen LogP) is 2.44. The van der Waals surface area contributed by atoms with E-state index in [1.165, 1.54) is 0 Å². The number of carboxylic acids is 1. The summed E-state index contributed by atoms with van der Waals surface area (Å²) in [5.74, 6) is -1.13. The van der Waals surface area contributed by atoms with Gasteiger partial charge in [0.05, 0.1) is 17.0 Å². The van der Waals surface area contributed by atoms with Crippen LogP contribution in [0.1, 0.15) is 38.6 Å². The largest absolute Gasteiger partial charge is 0.481 e. The zero-order valence-electron chi connectivity index (χ0n) is 12.2. The van der Waals surface area contributed by atoms with Crippen LogP contribution in [0.15, 0.2) is 54.6 Å². The second-order valence-corrected chi connectivity index (χ2v) is 5.53. The van der Waals surface area contributed by atoms with Crippen LogP contribution in [0.2, 0.25) is 0 Å². The third-order valence-corrected chi connectivity index (χ3v) is 3.98. The number of carbonyl (C=O) groups excluding carboxylic acids is 2. The number of rotatable bonds is 2. The van der Waals surface area contributed by atoms with Gasteiger partial charge in [0.15, 0.2) is 0 Å². The minimum absolute atomic E-state index is 0.132. The van der Waals surface area contributed by atoms with E-state index in [-0.39, 0.29) is 23.7 Å². The molecule has 0 saturated heterocycles. The highest BCUT2D eigenvalue weighted by molar-refractivity contribution is 6.21. The lowest BCUT2D eigenvalue weighted by atomic mass is 10.1. The Balaban J connectivity index is 0.000000136. The van der Waals surface area contributed by atoms with Crippen molar-refractivity contribution in [1.82, 2.24) is 5.32 Å². The van der Waals surface area contributed by atoms with Gasteiger partial charge < -0.3 is 5.11 Å².